The predicted octanol–water partition coefficient (Wildman–Crippen LogP) is 1.74. The Morgan fingerprint density at radius 3 is 2.83 bits per heavy atom. The highest BCUT2D eigenvalue weighted by Gasteiger charge is 2.14. The molecule has 0 saturated heterocycles. The molecule has 0 aromatic carbocycles. The fourth-order valence-electron chi connectivity index (χ4n) is 1.98. The van der Waals surface area contributed by atoms with Gasteiger partial charge < -0.3 is 5.11 Å². The van der Waals surface area contributed by atoms with E-state index in [4.69, 9.17) is 12.2 Å². The van der Waals surface area contributed by atoms with Gasteiger partial charge in [-0.25, -0.2) is 5.43 Å². The van der Waals surface area contributed by atoms with Gasteiger partial charge in [0.15, 0.2) is 4.77 Å². The lowest BCUT2D eigenvalue weighted by molar-refractivity contribution is 0.0955. The molecular formula is C15H17N5O3S. The van der Waals surface area contributed by atoms with Gasteiger partial charge in [-0.15, -0.1) is 0 Å². The lowest BCUT2D eigenvalue weighted by atomic mass is 10.2. The van der Waals surface area contributed by atoms with Gasteiger partial charge in [-0.2, -0.15) is 5.10 Å². The third-order valence-corrected chi connectivity index (χ3v) is 3.79. The number of hydrogen-bond acceptors (Lipinski definition) is 6. The number of aromatic hydroxyl groups is 1. The fraction of sp³-hybridized carbons (Fsp3) is 0.267. The molecule has 0 bridgehead atoms. The van der Waals surface area contributed by atoms with E-state index >= 15 is 0 Å². The van der Waals surface area contributed by atoms with Crippen LogP contribution in [-0.4, -0.2) is 31.8 Å². The summed E-state index contributed by atoms with van der Waals surface area (Å²) in [5, 5.41) is 14.0. The first-order chi connectivity index (χ1) is 11.5. The molecule has 2 aromatic heterocycles. The standard InChI is InChI=1S/C15H17N5O3S/c1-3-9(2)20-14(23)11(13(22)18-15(20)24)8-17-19-12(21)10-4-6-16-7-5-10/h4-9,23H,3H2,1-2H3,(H,19,21)(H,18,22,24)/b17-8+/t9-/m1/s1. The van der Waals surface area contributed by atoms with Crippen LogP contribution in [0.4, 0.5) is 0 Å². The second-order valence-electron chi connectivity index (χ2n) is 5.06. The second-order valence-corrected chi connectivity index (χ2v) is 5.45. The van der Waals surface area contributed by atoms with Gasteiger partial charge >= 0.3 is 0 Å². The number of nitrogens with one attached hydrogen (secondary N) is 2. The molecule has 0 saturated carbocycles. The molecule has 24 heavy (non-hydrogen) atoms. The van der Waals surface area contributed by atoms with Crippen molar-refractivity contribution >= 4 is 24.3 Å². The van der Waals surface area contributed by atoms with Crippen LogP contribution in [0.1, 0.15) is 42.2 Å². The van der Waals surface area contributed by atoms with Crippen molar-refractivity contribution in [3.8, 4) is 5.88 Å². The third-order valence-electron chi connectivity index (χ3n) is 3.49. The minimum Gasteiger partial charge on any atom is -0.494 e. The third kappa shape index (κ3) is 3.74. The first-order valence-corrected chi connectivity index (χ1v) is 7.67. The van der Waals surface area contributed by atoms with Crippen molar-refractivity contribution in [1.82, 2.24) is 20.0 Å². The number of carbonyl (C=O) groups is 1. The summed E-state index contributed by atoms with van der Waals surface area (Å²) in [6.45, 7) is 3.79. The van der Waals surface area contributed by atoms with Crippen molar-refractivity contribution in [2.75, 3.05) is 0 Å². The van der Waals surface area contributed by atoms with E-state index in [1.165, 1.54) is 29.1 Å². The zero-order valence-corrected chi connectivity index (χ0v) is 14.0. The van der Waals surface area contributed by atoms with Crippen molar-refractivity contribution in [2.45, 2.75) is 26.3 Å². The zero-order chi connectivity index (χ0) is 17.7. The Kier molecular flexibility index (Phi) is 5.59. The van der Waals surface area contributed by atoms with Crippen LogP contribution in [0.5, 0.6) is 5.88 Å². The summed E-state index contributed by atoms with van der Waals surface area (Å²) in [5.74, 6) is -0.751. The Bertz CT molecular complexity index is 873. The van der Waals surface area contributed by atoms with E-state index in [-0.39, 0.29) is 22.3 Å². The van der Waals surface area contributed by atoms with Crippen LogP contribution in [0.25, 0.3) is 0 Å². The smallest absolute Gasteiger partial charge is 0.271 e. The molecule has 0 aliphatic rings. The summed E-state index contributed by atoms with van der Waals surface area (Å²) in [5.41, 5.74) is 1.99. The van der Waals surface area contributed by atoms with E-state index in [1.54, 1.807) is 0 Å². The Balaban J connectivity index is 2.28. The number of pyridine rings is 1. The number of amides is 1. The molecule has 2 aromatic rings. The number of aromatic amines is 1. The summed E-state index contributed by atoms with van der Waals surface area (Å²) >= 11 is 5.07. The van der Waals surface area contributed by atoms with E-state index in [0.717, 1.165) is 6.21 Å². The van der Waals surface area contributed by atoms with E-state index in [2.05, 4.69) is 20.5 Å². The molecule has 8 nitrogen and oxygen atoms in total. The van der Waals surface area contributed by atoms with Crippen molar-refractivity contribution < 1.29 is 9.90 Å². The number of hydrogen-bond donors (Lipinski definition) is 3. The van der Waals surface area contributed by atoms with Crippen LogP contribution in [-0.2, 0) is 0 Å². The fourth-order valence-corrected chi connectivity index (χ4v) is 2.34. The molecule has 1 amide bonds. The number of H-pyrrole nitrogens is 1. The van der Waals surface area contributed by atoms with Crippen molar-refractivity contribution in [3.05, 3.63) is 50.8 Å². The predicted molar refractivity (Wildman–Crippen MR) is 91.9 cm³/mol. The molecule has 3 N–H and O–H groups in total. The van der Waals surface area contributed by atoms with Gasteiger partial charge in [0.2, 0.25) is 5.88 Å². The summed E-state index contributed by atoms with van der Waals surface area (Å²) in [4.78, 5) is 30.1. The maximum absolute atomic E-state index is 12.0. The topological polar surface area (TPSA) is 112 Å². The molecule has 2 heterocycles. The molecule has 0 radical (unpaired) electrons. The molecule has 0 spiro atoms. The first-order valence-electron chi connectivity index (χ1n) is 7.26. The van der Waals surface area contributed by atoms with Gasteiger partial charge in [-0.1, -0.05) is 6.92 Å². The van der Waals surface area contributed by atoms with Crippen LogP contribution >= 0.6 is 12.2 Å². The Hall–Kier alpha value is -2.81. The van der Waals surface area contributed by atoms with Crippen LogP contribution in [0.2, 0.25) is 0 Å². The monoisotopic (exact) mass is 347 g/mol. The average molecular weight is 347 g/mol. The quantitative estimate of drug-likeness (QED) is 0.433. The minimum absolute atomic E-state index is 0.0843. The lowest BCUT2D eigenvalue weighted by Crippen LogP contribution is -2.22. The molecule has 0 fully saturated rings. The Morgan fingerprint density at radius 2 is 2.21 bits per heavy atom. The molecule has 0 unspecified atom stereocenters. The Morgan fingerprint density at radius 1 is 1.54 bits per heavy atom. The van der Waals surface area contributed by atoms with Crippen LogP contribution in [0, 0.1) is 4.77 Å². The summed E-state index contributed by atoms with van der Waals surface area (Å²) in [7, 11) is 0. The molecule has 0 aliphatic carbocycles. The number of hydrazone groups is 1. The molecule has 1 atom stereocenters. The molecule has 2 rings (SSSR count). The average Bonchev–Trinajstić information content (AvgIpc) is 2.57. The van der Waals surface area contributed by atoms with Crippen LogP contribution in [0.3, 0.4) is 0 Å². The summed E-state index contributed by atoms with van der Waals surface area (Å²) in [6.07, 6.45) is 4.75. The lowest BCUT2D eigenvalue weighted by Gasteiger charge is -2.16. The molecular weight excluding hydrogens is 330 g/mol. The van der Waals surface area contributed by atoms with Gasteiger partial charge in [0.05, 0.1) is 6.21 Å². The molecule has 9 heteroatoms. The summed E-state index contributed by atoms with van der Waals surface area (Å²) in [6, 6.07) is 2.95. The van der Waals surface area contributed by atoms with Gasteiger partial charge in [-0.05, 0) is 37.7 Å². The molecule has 0 aliphatic heterocycles. The van der Waals surface area contributed by atoms with E-state index in [1.807, 2.05) is 13.8 Å². The van der Waals surface area contributed by atoms with Gasteiger partial charge in [0.25, 0.3) is 11.5 Å². The van der Waals surface area contributed by atoms with Crippen LogP contribution < -0.4 is 11.0 Å². The Labute approximate surface area is 142 Å². The second kappa shape index (κ2) is 7.64. The largest absolute Gasteiger partial charge is 0.494 e. The highest BCUT2D eigenvalue weighted by molar-refractivity contribution is 7.71. The van der Waals surface area contributed by atoms with Gasteiger partial charge in [0, 0.05) is 24.0 Å². The van der Waals surface area contributed by atoms with E-state index in [0.29, 0.717) is 12.0 Å². The number of nitrogens with zero attached hydrogens (tertiary/aromatic N) is 3. The van der Waals surface area contributed by atoms with Crippen LogP contribution in [0.15, 0.2) is 34.4 Å². The van der Waals surface area contributed by atoms with E-state index < -0.39 is 11.5 Å². The van der Waals surface area contributed by atoms with Gasteiger partial charge in [-0.3, -0.25) is 24.1 Å². The van der Waals surface area contributed by atoms with E-state index in [9.17, 15) is 14.7 Å². The molecule has 126 valence electrons. The maximum atomic E-state index is 12.0. The minimum atomic E-state index is -0.584. The number of aromatic nitrogens is 3. The maximum Gasteiger partial charge on any atom is 0.271 e. The number of carbonyl (C=O) groups excluding carboxylic acids is 1. The summed E-state index contributed by atoms with van der Waals surface area (Å²) < 4.78 is 1.56. The van der Waals surface area contributed by atoms with Crippen molar-refractivity contribution in [1.29, 1.82) is 0 Å². The van der Waals surface area contributed by atoms with Crippen molar-refractivity contribution in [2.24, 2.45) is 5.10 Å². The SMILES string of the molecule is CC[C@@H](C)n1c(O)c(/C=N/NC(=O)c2ccncc2)c(=O)[nH]c1=S. The first kappa shape index (κ1) is 17.5. The highest BCUT2D eigenvalue weighted by atomic mass is 32.1. The highest BCUT2D eigenvalue weighted by Crippen LogP contribution is 2.19. The normalized spacial score (nSPS) is 12.2. The van der Waals surface area contributed by atoms with Crippen molar-refractivity contribution in [3.63, 3.8) is 0 Å². The van der Waals surface area contributed by atoms with Gasteiger partial charge in [0.1, 0.15) is 5.56 Å². The number of rotatable bonds is 5. The zero-order valence-electron chi connectivity index (χ0n) is 13.2.